The van der Waals surface area contributed by atoms with Gasteiger partial charge in [0.25, 0.3) is 0 Å². The van der Waals surface area contributed by atoms with Gasteiger partial charge in [0.2, 0.25) is 5.43 Å². The van der Waals surface area contributed by atoms with E-state index in [1.807, 2.05) is 0 Å². The molecule has 6 nitrogen and oxygen atoms in total. The summed E-state index contributed by atoms with van der Waals surface area (Å²) in [6.45, 7) is -0.0553. The summed E-state index contributed by atoms with van der Waals surface area (Å²) in [5, 5.41) is 14.2. The van der Waals surface area contributed by atoms with Crippen LogP contribution in [0.3, 0.4) is 0 Å². The van der Waals surface area contributed by atoms with Crippen LogP contribution in [0.4, 0.5) is 10.5 Å². The Morgan fingerprint density at radius 1 is 1.42 bits per heavy atom. The highest BCUT2D eigenvalue weighted by Crippen LogP contribution is 2.19. The molecule has 0 bridgehead atoms. The number of para-hydroxylation sites is 1. The van der Waals surface area contributed by atoms with E-state index in [4.69, 9.17) is 16.7 Å². The van der Waals surface area contributed by atoms with Crippen molar-refractivity contribution in [3.8, 4) is 0 Å². The third-order valence-electron chi connectivity index (χ3n) is 2.51. The number of benzene rings is 1. The van der Waals surface area contributed by atoms with Crippen LogP contribution >= 0.6 is 11.6 Å². The van der Waals surface area contributed by atoms with Crippen LogP contribution in [0, 0.1) is 0 Å². The van der Waals surface area contributed by atoms with Crippen LogP contribution in [-0.4, -0.2) is 29.3 Å². The number of amides is 2. The molecule has 0 spiro atoms. The number of pyridine rings is 1. The molecule has 0 aliphatic rings. The van der Waals surface area contributed by atoms with E-state index in [0.717, 1.165) is 0 Å². The number of aliphatic hydroxyl groups excluding tert-OH is 1. The molecular formula is C12H12ClN3O3. The zero-order valence-electron chi connectivity index (χ0n) is 9.87. The first-order chi connectivity index (χ1) is 9.13. The van der Waals surface area contributed by atoms with Gasteiger partial charge in [-0.2, -0.15) is 0 Å². The van der Waals surface area contributed by atoms with Gasteiger partial charge in [-0.1, -0.05) is 17.7 Å². The fraction of sp³-hybridized carbons (Fsp3) is 0.167. The number of nitrogens with one attached hydrogen (secondary N) is 3. The topological polar surface area (TPSA) is 94.2 Å². The van der Waals surface area contributed by atoms with Crippen LogP contribution in [0.15, 0.2) is 29.2 Å². The van der Waals surface area contributed by atoms with Gasteiger partial charge in [0, 0.05) is 18.1 Å². The van der Waals surface area contributed by atoms with Gasteiger partial charge in [0.05, 0.1) is 17.1 Å². The van der Waals surface area contributed by atoms with Crippen LogP contribution in [0.5, 0.6) is 0 Å². The molecule has 2 rings (SSSR count). The summed E-state index contributed by atoms with van der Waals surface area (Å²) in [5.74, 6) is 0. The van der Waals surface area contributed by atoms with Crippen molar-refractivity contribution in [2.75, 3.05) is 18.5 Å². The second kappa shape index (κ2) is 5.73. The second-order valence-corrected chi connectivity index (χ2v) is 4.21. The van der Waals surface area contributed by atoms with E-state index >= 15 is 0 Å². The number of H-pyrrole nitrogens is 1. The van der Waals surface area contributed by atoms with Crippen molar-refractivity contribution < 1.29 is 9.90 Å². The lowest BCUT2D eigenvalue weighted by molar-refractivity contribution is 0.245. The summed E-state index contributed by atoms with van der Waals surface area (Å²) in [5.41, 5.74) is 0.316. The normalized spacial score (nSPS) is 10.4. The van der Waals surface area contributed by atoms with Crippen molar-refractivity contribution in [3.63, 3.8) is 0 Å². The number of carbonyl (C=O) groups is 1. The Morgan fingerprint density at radius 2 is 2.21 bits per heavy atom. The minimum Gasteiger partial charge on any atom is -0.395 e. The Labute approximate surface area is 113 Å². The largest absolute Gasteiger partial charge is 0.395 e. The van der Waals surface area contributed by atoms with E-state index in [1.165, 1.54) is 6.20 Å². The van der Waals surface area contributed by atoms with Gasteiger partial charge >= 0.3 is 6.03 Å². The van der Waals surface area contributed by atoms with Gasteiger partial charge in [0.15, 0.2) is 0 Å². The van der Waals surface area contributed by atoms with Crippen molar-refractivity contribution in [1.29, 1.82) is 0 Å². The zero-order chi connectivity index (χ0) is 13.8. The monoisotopic (exact) mass is 281 g/mol. The summed E-state index contributed by atoms with van der Waals surface area (Å²) in [6, 6.07) is 4.40. The zero-order valence-corrected chi connectivity index (χ0v) is 10.6. The number of hydrogen-bond acceptors (Lipinski definition) is 3. The molecule has 0 saturated heterocycles. The van der Waals surface area contributed by atoms with Crippen LogP contribution in [0.25, 0.3) is 10.9 Å². The number of aromatic amines is 1. The number of hydrogen-bond donors (Lipinski definition) is 4. The summed E-state index contributed by atoms with van der Waals surface area (Å²) in [7, 11) is 0. The molecule has 0 aliphatic heterocycles. The third kappa shape index (κ3) is 2.86. The maximum Gasteiger partial charge on any atom is 0.319 e. The van der Waals surface area contributed by atoms with Crippen LogP contribution < -0.4 is 16.1 Å². The summed E-state index contributed by atoms with van der Waals surface area (Å²) >= 11 is 5.96. The Morgan fingerprint density at radius 3 is 2.95 bits per heavy atom. The molecule has 4 N–H and O–H groups in total. The molecule has 19 heavy (non-hydrogen) atoms. The Balaban J connectivity index is 2.33. The van der Waals surface area contributed by atoms with Gasteiger partial charge in [-0.25, -0.2) is 4.79 Å². The third-order valence-corrected chi connectivity index (χ3v) is 2.82. The minimum absolute atomic E-state index is 0.114. The molecule has 0 aliphatic carbocycles. The average Bonchev–Trinajstić information content (AvgIpc) is 2.40. The Kier molecular flexibility index (Phi) is 4.03. The lowest BCUT2D eigenvalue weighted by atomic mass is 10.2. The molecule has 100 valence electrons. The summed E-state index contributed by atoms with van der Waals surface area (Å²) < 4.78 is 0. The van der Waals surface area contributed by atoms with Crippen LogP contribution in [-0.2, 0) is 0 Å². The molecule has 0 atom stereocenters. The number of halogens is 1. The van der Waals surface area contributed by atoms with E-state index in [1.54, 1.807) is 18.2 Å². The quantitative estimate of drug-likeness (QED) is 0.683. The Hall–Kier alpha value is -2.05. The number of urea groups is 1. The number of anilines is 1. The van der Waals surface area contributed by atoms with E-state index in [0.29, 0.717) is 15.9 Å². The number of rotatable bonds is 3. The van der Waals surface area contributed by atoms with Crippen LogP contribution in [0.2, 0.25) is 5.02 Å². The molecule has 0 fully saturated rings. The van der Waals surface area contributed by atoms with Crippen molar-refractivity contribution in [1.82, 2.24) is 10.3 Å². The first-order valence-electron chi connectivity index (χ1n) is 5.59. The predicted molar refractivity (Wildman–Crippen MR) is 73.7 cm³/mol. The molecule has 2 amide bonds. The molecule has 2 aromatic rings. The lowest BCUT2D eigenvalue weighted by Crippen LogP contribution is -2.32. The number of carbonyl (C=O) groups excluding carboxylic acids is 1. The van der Waals surface area contributed by atoms with Gasteiger partial charge < -0.3 is 20.7 Å². The van der Waals surface area contributed by atoms with Crippen molar-refractivity contribution in [3.05, 3.63) is 39.6 Å². The molecule has 0 saturated carbocycles. The second-order valence-electron chi connectivity index (χ2n) is 3.80. The number of fused-ring (bicyclic) bond motifs is 1. The predicted octanol–water partition coefficient (Wildman–Crippen LogP) is 1.30. The SMILES string of the molecule is O=C(NCCO)Nc1c[nH]c2c(Cl)cccc2c1=O. The fourth-order valence-electron chi connectivity index (χ4n) is 1.64. The molecule has 7 heteroatoms. The smallest absolute Gasteiger partial charge is 0.319 e. The molecule has 1 aromatic heterocycles. The molecule has 0 unspecified atom stereocenters. The van der Waals surface area contributed by atoms with Crippen LogP contribution in [0.1, 0.15) is 0 Å². The van der Waals surface area contributed by atoms with Crippen molar-refractivity contribution in [2.45, 2.75) is 0 Å². The van der Waals surface area contributed by atoms with Gasteiger partial charge in [-0.3, -0.25) is 4.79 Å². The average molecular weight is 282 g/mol. The fourth-order valence-corrected chi connectivity index (χ4v) is 1.87. The van der Waals surface area contributed by atoms with E-state index < -0.39 is 6.03 Å². The molecule has 0 radical (unpaired) electrons. The number of aromatic nitrogens is 1. The van der Waals surface area contributed by atoms with E-state index in [9.17, 15) is 9.59 Å². The van der Waals surface area contributed by atoms with E-state index in [-0.39, 0.29) is 24.3 Å². The maximum atomic E-state index is 12.1. The standard InChI is InChI=1S/C12H12ClN3O3/c13-8-3-1-2-7-10(8)15-6-9(11(7)18)16-12(19)14-4-5-17/h1-3,6,17H,4-5H2,(H,15,18)(H2,14,16,19). The highest BCUT2D eigenvalue weighted by atomic mass is 35.5. The molecule has 1 heterocycles. The van der Waals surface area contributed by atoms with Crippen molar-refractivity contribution >= 4 is 34.2 Å². The number of aliphatic hydroxyl groups is 1. The first kappa shape index (κ1) is 13.4. The first-order valence-corrected chi connectivity index (χ1v) is 5.97. The summed E-state index contributed by atoms with van der Waals surface area (Å²) in [4.78, 5) is 26.4. The highest BCUT2D eigenvalue weighted by Gasteiger charge is 2.09. The summed E-state index contributed by atoms with van der Waals surface area (Å²) in [6.07, 6.45) is 1.38. The van der Waals surface area contributed by atoms with E-state index in [2.05, 4.69) is 15.6 Å². The lowest BCUT2D eigenvalue weighted by Gasteiger charge is -2.07. The van der Waals surface area contributed by atoms with Gasteiger partial charge in [-0.15, -0.1) is 0 Å². The Bertz CT molecular complexity index is 669. The van der Waals surface area contributed by atoms with Crippen molar-refractivity contribution in [2.24, 2.45) is 0 Å². The highest BCUT2D eigenvalue weighted by molar-refractivity contribution is 6.35. The maximum absolute atomic E-state index is 12.1. The molecular weight excluding hydrogens is 270 g/mol. The van der Waals surface area contributed by atoms with Gasteiger partial charge in [0.1, 0.15) is 5.69 Å². The van der Waals surface area contributed by atoms with Gasteiger partial charge in [-0.05, 0) is 12.1 Å². The molecule has 1 aromatic carbocycles. The minimum atomic E-state index is -0.555.